The van der Waals surface area contributed by atoms with Crippen LogP contribution in [0, 0.1) is 0 Å². The van der Waals surface area contributed by atoms with Gasteiger partial charge >= 0.3 is 6.09 Å². The molecule has 0 aromatic carbocycles. The fraction of sp³-hybridized carbons (Fsp3) is 0.643. The Morgan fingerprint density at radius 2 is 1.82 bits per heavy atom. The highest BCUT2D eigenvalue weighted by Gasteiger charge is 2.53. The van der Waals surface area contributed by atoms with E-state index in [0.29, 0.717) is 4.90 Å². The van der Waals surface area contributed by atoms with Crippen LogP contribution in [-0.2, 0) is 39.1 Å². The number of nitrogens with zero attached hydrogens (tertiary/aromatic N) is 3. The van der Waals surface area contributed by atoms with Gasteiger partial charge in [-0.1, -0.05) is 11.6 Å². The van der Waals surface area contributed by atoms with Crippen LogP contribution in [-0.4, -0.2) is 72.5 Å². The predicted octanol–water partition coefficient (Wildman–Crippen LogP) is 1.15. The summed E-state index contributed by atoms with van der Waals surface area (Å²) in [6.07, 6.45) is -3.59. The fourth-order valence-corrected chi connectivity index (χ4v) is 7.35. The normalized spacial score (nSPS) is 16.6. The number of hydrogen-bond acceptors (Lipinski definition) is 7. The van der Waals surface area contributed by atoms with E-state index in [4.69, 9.17) is 16.7 Å². The second-order valence-electron chi connectivity index (χ2n) is 6.54. The van der Waals surface area contributed by atoms with Crippen LogP contribution in [0.2, 0.25) is 5.15 Å². The number of sulfone groups is 2. The lowest BCUT2D eigenvalue weighted by Gasteiger charge is -2.34. The van der Waals surface area contributed by atoms with Gasteiger partial charge in [0.1, 0.15) is 11.0 Å². The average Bonchev–Trinajstić information content (AvgIpc) is 2.51. The van der Waals surface area contributed by atoms with Gasteiger partial charge in [-0.3, -0.25) is 4.90 Å². The second kappa shape index (κ2) is 7.67. The first-order valence-corrected chi connectivity index (χ1v) is 12.0. The van der Waals surface area contributed by atoms with Crippen molar-refractivity contribution in [1.82, 2.24) is 14.9 Å². The molecule has 0 saturated carbocycles. The van der Waals surface area contributed by atoms with Gasteiger partial charge in [0.15, 0.2) is 23.8 Å². The van der Waals surface area contributed by atoms with Crippen molar-refractivity contribution in [2.75, 3.05) is 19.1 Å². The molecule has 0 aliphatic heterocycles. The third-order valence-electron chi connectivity index (χ3n) is 4.59. The third kappa shape index (κ3) is 4.35. The van der Waals surface area contributed by atoms with Gasteiger partial charge < -0.3 is 5.11 Å². The maximum Gasteiger partial charge on any atom is 0.407 e. The van der Waals surface area contributed by atoms with Crippen molar-refractivity contribution in [1.29, 1.82) is 0 Å². The van der Waals surface area contributed by atoms with E-state index < -0.39 is 55.8 Å². The summed E-state index contributed by atoms with van der Waals surface area (Å²) in [5.41, 5.74) is 0.392. The summed E-state index contributed by atoms with van der Waals surface area (Å²) in [5, 5.41) is 8.77. The number of aryl methyl sites for hydroxylation is 1. The molecule has 1 aliphatic carbocycles. The lowest BCUT2D eigenvalue weighted by Crippen LogP contribution is -2.50. The summed E-state index contributed by atoms with van der Waals surface area (Å²) in [6, 6.07) is 0. The van der Waals surface area contributed by atoms with Crippen LogP contribution in [0.3, 0.4) is 0 Å². The number of amides is 1. The fourth-order valence-electron chi connectivity index (χ4n) is 3.12. The number of halogens is 3. The minimum absolute atomic E-state index is 0.0629. The Hall–Kier alpha value is -1.60. The van der Waals surface area contributed by atoms with Crippen LogP contribution in [0.25, 0.3) is 0 Å². The summed E-state index contributed by atoms with van der Waals surface area (Å²) in [4.78, 5) is 19.5. The molecule has 0 fully saturated rings. The summed E-state index contributed by atoms with van der Waals surface area (Å²) >= 11 is 6.09. The molecular formula is C14H18ClF2N3O6S2. The van der Waals surface area contributed by atoms with Crippen LogP contribution in [0.15, 0.2) is 0 Å². The molecule has 1 aromatic rings. The molecule has 0 spiro atoms. The average molecular weight is 462 g/mol. The lowest BCUT2D eigenvalue weighted by atomic mass is 9.96. The molecule has 1 heterocycles. The number of alkyl halides is 2. The molecule has 0 atom stereocenters. The molecule has 158 valence electrons. The molecule has 0 radical (unpaired) electrons. The molecule has 0 saturated heterocycles. The van der Waals surface area contributed by atoms with E-state index in [9.17, 15) is 30.4 Å². The molecule has 1 aromatic heterocycles. The van der Waals surface area contributed by atoms with Gasteiger partial charge in [0.05, 0.1) is 13.1 Å². The maximum atomic E-state index is 12.5. The smallest absolute Gasteiger partial charge is 0.407 e. The van der Waals surface area contributed by atoms with Crippen LogP contribution in [0.1, 0.15) is 23.5 Å². The zero-order valence-electron chi connectivity index (χ0n) is 14.9. The van der Waals surface area contributed by atoms with Gasteiger partial charge in [-0.2, -0.15) is 0 Å². The first kappa shape index (κ1) is 22.7. The minimum atomic E-state index is -4.03. The van der Waals surface area contributed by atoms with Crippen molar-refractivity contribution >= 4 is 37.4 Å². The Bertz CT molecular complexity index is 969. The van der Waals surface area contributed by atoms with Gasteiger partial charge in [-0.05, 0) is 12.8 Å². The number of hydrogen-bond donors (Lipinski definition) is 1. The zero-order chi connectivity index (χ0) is 21.5. The minimum Gasteiger partial charge on any atom is -0.465 e. The summed E-state index contributed by atoms with van der Waals surface area (Å²) in [7, 11) is -8.06. The Morgan fingerprint density at radius 1 is 1.25 bits per heavy atom. The second-order valence-corrected chi connectivity index (χ2v) is 11.8. The first-order chi connectivity index (χ1) is 12.7. The molecule has 1 amide bonds. The number of carbonyl (C=O) groups is 1. The summed E-state index contributed by atoms with van der Waals surface area (Å²) < 4.78 is 72.0. The van der Waals surface area contributed by atoms with Crippen LogP contribution in [0.5, 0.6) is 0 Å². The first-order valence-electron chi connectivity index (χ1n) is 7.87. The van der Waals surface area contributed by atoms with Gasteiger partial charge in [-0.25, -0.2) is 40.4 Å². The molecule has 1 N–H and O–H groups in total. The highest BCUT2D eigenvalue weighted by molar-refractivity contribution is 8.09. The molecule has 0 bridgehead atoms. The van der Waals surface area contributed by atoms with Gasteiger partial charge in [0, 0.05) is 30.2 Å². The molecule has 2 rings (SSSR count). The molecule has 28 heavy (non-hydrogen) atoms. The SMILES string of the molecule is CS(=O)(=O)C1(S(C)(=O)=O)CCc2nc(CN(CC(F)F)C(=O)O)nc(Cl)c2C1. The highest BCUT2D eigenvalue weighted by Crippen LogP contribution is 2.39. The number of carboxylic acid groups (broad SMARTS) is 1. The topological polar surface area (TPSA) is 135 Å². The van der Waals surface area contributed by atoms with E-state index in [0.717, 1.165) is 12.5 Å². The summed E-state index contributed by atoms with van der Waals surface area (Å²) in [6.45, 7) is -1.59. The summed E-state index contributed by atoms with van der Waals surface area (Å²) in [5.74, 6) is -0.141. The maximum absolute atomic E-state index is 12.5. The Morgan fingerprint density at radius 3 is 2.29 bits per heavy atom. The molecule has 0 unspecified atom stereocenters. The predicted molar refractivity (Wildman–Crippen MR) is 95.9 cm³/mol. The Labute approximate surface area is 165 Å². The third-order valence-corrected chi connectivity index (χ3v) is 10.1. The van der Waals surface area contributed by atoms with Crippen molar-refractivity contribution in [3.8, 4) is 0 Å². The van der Waals surface area contributed by atoms with E-state index in [-0.39, 0.29) is 35.1 Å². The Balaban J connectivity index is 2.45. The largest absolute Gasteiger partial charge is 0.465 e. The van der Waals surface area contributed by atoms with E-state index in [1.807, 2.05) is 0 Å². The monoisotopic (exact) mass is 461 g/mol. The van der Waals surface area contributed by atoms with Crippen LogP contribution < -0.4 is 0 Å². The van der Waals surface area contributed by atoms with Crippen molar-refractivity contribution in [2.45, 2.75) is 36.3 Å². The van der Waals surface area contributed by atoms with Crippen molar-refractivity contribution in [3.05, 3.63) is 22.2 Å². The highest BCUT2D eigenvalue weighted by atomic mass is 35.5. The van der Waals surface area contributed by atoms with Crippen LogP contribution >= 0.6 is 11.6 Å². The quantitative estimate of drug-likeness (QED) is 0.623. The van der Waals surface area contributed by atoms with E-state index in [1.165, 1.54) is 0 Å². The molecular weight excluding hydrogens is 444 g/mol. The number of rotatable bonds is 6. The number of aromatic nitrogens is 2. The van der Waals surface area contributed by atoms with E-state index in [2.05, 4.69) is 9.97 Å². The van der Waals surface area contributed by atoms with Gasteiger partial charge in [-0.15, -0.1) is 0 Å². The van der Waals surface area contributed by atoms with Crippen molar-refractivity contribution < 1.29 is 35.5 Å². The zero-order valence-corrected chi connectivity index (χ0v) is 17.3. The van der Waals surface area contributed by atoms with Crippen molar-refractivity contribution in [3.63, 3.8) is 0 Å². The van der Waals surface area contributed by atoms with E-state index >= 15 is 0 Å². The van der Waals surface area contributed by atoms with Crippen LogP contribution in [0.4, 0.5) is 13.6 Å². The number of fused-ring (bicyclic) bond motifs is 1. The Kier molecular flexibility index (Phi) is 6.22. The van der Waals surface area contributed by atoms with Gasteiger partial charge in [0.2, 0.25) is 0 Å². The molecule has 9 nitrogen and oxygen atoms in total. The molecule has 1 aliphatic rings. The van der Waals surface area contributed by atoms with Gasteiger partial charge in [0.25, 0.3) is 6.43 Å². The lowest BCUT2D eigenvalue weighted by molar-refractivity contribution is 0.0757. The standard InChI is InChI=1S/C14H18ClF2N3O6S2/c1-27(23,24)14(28(2,25)26)4-3-9-8(5-14)12(15)19-11(18-9)7-20(13(21)22)6-10(16)17/h10H,3-7H2,1-2H3,(H,21,22). The molecule has 14 heteroatoms. The van der Waals surface area contributed by atoms with E-state index in [1.54, 1.807) is 0 Å². The van der Waals surface area contributed by atoms with Crippen molar-refractivity contribution in [2.24, 2.45) is 0 Å².